The minimum atomic E-state index is 0.733. The van der Waals surface area contributed by atoms with Gasteiger partial charge in [0, 0.05) is 26.9 Å². The Bertz CT molecular complexity index is 1220. The van der Waals surface area contributed by atoms with Gasteiger partial charge in [0.15, 0.2) is 0 Å². The van der Waals surface area contributed by atoms with Crippen LogP contribution in [0, 0.1) is 0 Å². The Kier molecular flexibility index (Phi) is 3.55. The highest BCUT2D eigenvalue weighted by molar-refractivity contribution is 6.30. The zero-order chi connectivity index (χ0) is 17.5. The average molecular weight is 355 g/mol. The second-order valence-corrected chi connectivity index (χ2v) is 6.78. The van der Waals surface area contributed by atoms with E-state index in [2.05, 4.69) is 60.7 Å². The van der Waals surface area contributed by atoms with Crippen molar-refractivity contribution in [2.24, 2.45) is 0 Å². The van der Waals surface area contributed by atoms with Gasteiger partial charge >= 0.3 is 0 Å². The molecule has 4 aromatic carbocycles. The molecule has 0 aliphatic rings. The summed E-state index contributed by atoms with van der Waals surface area (Å²) in [7, 11) is 0. The predicted octanol–water partition coefficient (Wildman–Crippen LogP) is 7.57. The number of fused-ring (bicyclic) bond motifs is 3. The van der Waals surface area contributed by atoms with Gasteiger partial charge in [-0.1, -0.05) is 90.5 Å². The SMILES string of the molecule is Clc1ccc(-c2cccc3c2oc2c(-c4ccccc4)cccc23)cc1. The monoisotopic (exact) mass is 354 g/mol. The first kappa shape index (κ1) is 15.2. The first-order valence-electron chi connectivity index (χ1n) is 8.57. The maximum atomic E-state index is 6.42. The van der Waals surface area contributed by atoms with Crippen LogP contribution in [0.4, 0.5) is 0 Å². The number of para-hydroxylation sites is 2. The molecule has 0 amide bonds. The van der Waals surface area contributed by atoms with Gasteiger partial charge in [-0.2, -0.15) is 0 Å². The van der Waals surface area contributed by atoms with Gasteiger partial charge in [0.1, 0.15) is 11.2 Å². The number of hydrogen-bond acceptors (Lipinski definition) is 1. The van der Waals surface area contributed by atoms with E-state index in [9.17, 15) is 0 Å². The molecule has 26 heavy (non-hydrogen) atoms. The third kappa shape index (κ3) is 2.40. The molecule has 0 fully saturated rings. The van der Waals surface area contributed by atoms with Crippen LogP contribution in [0.25, 0.3) is 44.2 Å². The molecule has 5 rings (SSSR count). The average Bonchev–Trinajstić information content (AvgIpc) is 3.08. The fraction of sp³-hybridized carbons (Fsp3) is 0. The summed E-state index contributed by atoms with van der Waals surface area (Å²) in [4.78, 5) is 0. The van der Waals surface area contributed by atoms with Crippen LogP contribution in [0.2, 0.25) is 5.02 Å². The molecule has 0 aliphatic heterocycles. The Hall–Kier alpha value is -3.03. The van der Waals surface area contributed by atoms with Crippen molar-refractivity contribution in [3.8, 4) is 22.3 Å². The van der Waals surface area contributed by atoms with E-state index in [0.29, 0.717) is 0 Å². The highest BCUT2D eigenvalue weighted by atomic mass is 35.5. The molecule has 0 bridgehead atoms. The molecule has 0 aliphatic carbocycles. The van der Waals surface area contributed by atoms with Crippen molar-refractivity contribution in [1.82, 2.24) is 0 Å². The summed E-state index contributed by atoms with van der Waals surface area (Å²) in [5.74, 6) is 0. The van der Waals surface area contributed by atoms with Gasteiger partial charge in [-0.25, -0.2) is 0 Å². The lowest BCUT2D eigenvalue weighted by molar-refractivity contribution is 0.671. The zero-order valence-corrected chi connectivity index (χ0v) is 14.7. The third-order valence-corrected chi connectivity index (χ3v) is 5.02. The lowest BCUT2D eigenvalue weighted by Crippen LogP contribution is -1.78. The Morgan fingerprint density at radius 1 is 0.500 bits per heavy atom. The summed E-state index contributed by atoms with van der Waals surface area (Å²) >= 11 is 6.05. The summed E-state index contributed by atoms with van der Waals surface area (Å²) < 4.78 is 6.42. The molecule has 0 saturated carbocycles. The highest BCUT2D eigenvalue weighted by Crippen LogP contribution is 2.39. The standard InChI is InChI=1S/C24H15ClO/c25-18-14-12-17(13-15-18)20-9-5-11-22-21-10-4-8-19(23(21)26-24(20)22)16-6-2-1-3-7-16/h1-15H. The van der Waals surface area contributed by atoms with E-state index in [4.69, 9.17) is 16.0 Å². The Morgan fingerprint density at radius 2 is 1.04 bits per heavy atom. The molecule has 2 heteroatoms. The van der Waals surface area contributed by atoms with Crippen molar-refractivity contribution in [2.45, 2.75) is 0 Å². The number of halogens is 1. The van der Waals surface area contributed by atoms with E-state index >= 15 is 0 Å². The summed E-state index contributed by atoms with van der Waals surface area (Å²) in [5.41, 5.74) is 6.28. The second-order valence-electron chi connectivity index (χ2n) is 6.34. The van der Waals surface area contributed by atoms with Gasteiger partial charge in [0.05, 0.1) is 0 Å². The van der Waals surface area contributed by atoms with Crippen LogP contribution in [0.15, 0.2) is 95.4 Å². The highest BCUT2D eigenvalue weighted by Gasteiger charge is 2.15. The van der Waals surface area contributed by atoms with E-state index in [1.165, 1.54) is 0 Å². The Labute approximate surface area is 156 Å². The first-order valence-corrected chi connectivity index (χ1v) is 8.95. The normalized spacial score (nSPS) is 11.3. The van der Waals surface area contributed by atoms with E-state index in [1.54, 1.807) is 0 Å². The van der Waals surface area contributed by atoms with Crippen molar-refractivity contribution in [2.75, 3.05) is 0 Å². The van der Waals surface area contributed by atoms with Crippen molar-refractivity contribution >= 4 is 33.5 Å². The van der Waals surface area contributed by atoms with Crippen molar-refractivity contribution in [1.29, 1.82) is 0 Å². The minimum Gasteiger partial charge on any atom is -0.455 e. The molecule has 0 unspecified atom stereocenters. The van der Waals surface area contributed by atoms with Gasteiger partial charge in [0.2, 0.25) is 0 Å². The smallest absolute Gasteiger partial charge is 0.143 e. The molecule has 1 heterocycles. The van der Waals surface area contributed by atoms with E-state index in [-0.39, 0.29) is 0 Å². The summed E-state index contributed by atoms with van der Waals surface area (Å²) in [6, 6.07) is 30.9. The molecule has 0 atom stereocenters. The minimum absolute atomic E-state index is 0.733. The Balaban J connectivity index is 1.82. The molecule has 124 valence electrons. The van der Waals surface area contributed by atoms with Crippen molar-refractivity contribution in [3.05, 3.63) is 96.0 Å². The van der Waals surface area contributed by atoms with Crippen LogP contribution in [0.5, 0.6) is 0 Å². The quantitative estimate of drug-likeness (QED) is 0.318. The van der Waals surface area contributed by atoms with Gasteiger partial charge in [-0.3, -0.25) is 0 Å². The number of hydrogen-bond donors (Lipinski definition) is 0. The van der Waals surface area contributed by atoms with Crippen LogP contribution < -0.4 is 0 Å². The van der Waals surface area contributed by atoms with Gasteiger partial charge in [0.25, 0.3) is 0 Å². The van der Waals surface area contributed by atoms with Crippen LogP contribution >= 0.6 is 11.6 Å². The fourth-order valence-corrected chi connectivity index (χ4v) is 3.65. The lowest BCUT2D eigenvalue weighted by Gasteiger charge is -2.03. The Morgan fingerprint density at radius 3 is 1.62 bits per heavy atom. The topological polar surface area (TPSA) is 13.1 Å². The summed E-state index contributed by atoms with van der Waals surface area (Å²) in [6.45, 7) is 0. The largest absolute Gasteiger partial charge is 0.455 e. The number of benzene rings is 4. The molecular formula is C24H15ClO. The fourth-order valence-electron chi connectivity index (χ4n) is 3.52. The molecule has 0 spiro atoms. The van der Waals surface area contributed by atoms with Crippen LogP contribution in [-0.4, -0.2) is 0 Å². The second kappa shape index (κ2) is 6.05. The van der Waals surface area contributed by atoms with Gasteiger partial charge < -0.3 is 4.42 Å². The summed E-state index contributed by atoms with van der Waals surface area (Å²) in [6.07, 6.45) is 0. The molecule has 1 aromatic heterocycles. The van der Waals surface area contributed by atoms with Gasteiger partial charge in [-0.05, 0) is 23.3 Å². The van der Waals surface area contributed by atoms with Crippen molar-refractivity contribution in [3.63, 3.8) is 0 Å². The third-order valence-electron chi connectivity index (χ3n) is 4.76. The first-order chi connectivity index (χ1) is 12.8. The maximum Gasteiger partial charge on any atom is 0.143 e. The van der Waals surface area contributed by atoms with Crippen LogP contribution in [0.1, 0.15) is 0 Å². The van der Waals surface area contributed by atoms with Crippen molar-refractivity contribution < 1.29 is 4.42 Å². The number of furan rings is 1. The molecular weight excluding hydrogens is 340 g/mol. The molecule has 0 N–H and O–H groups in total. The maximum absolute atomic E-state index is 6.42. The molecule has 0 radical (unpaired) electrons. The summed E-state index contributed by atoms with van der Waals surface area (Å²) in [5, 5.41) is 3.00. The van der Waals surface area contributed by atoms with E-state index < -0.39 is 0 Å². The molecule has 5 aromatic rings. The number of rotatable bonds is 2. The van der Waals surface area contributed by atoms with Crippen LogP contribution in [-0.2, 0) is 0 Å². The van der Waals surface area contributed by atoms with E-state index in [1.807, 2.05) is 30.3 Å². The predicted molar refractivity (Wildman–Crippen MR) is 110 cm³/mol. The lowest BCUT2D eigenvalue weighted by atomic mass is 10.0. The van der Waals surface area contributed by atoms with Crippen LogP contribution in [0.3, 0.4) is 0 Å². The zero-order valence-electron chi connectivity index (χ0n) is 13.9. The van der Waals surface area contributed by atoms with E-state index in [0.717, 1.165) is 49.2 Å². The molecule has 1 nitrogen and oxygen atoms in total. The molecule has 0 saturated heterocycles. The van der Waals surface area contributed by atoms with Gasteiger partial charge in [-0.15, -0.1) is 0 Å².